The van der Waals surface area contributed by atoms with E-state index >= 15 is 0 Å². The summed E-state index contributed by atoms with van der Waals surface area (Å²) in [7, 11) is 0. The van der Waals surface area contributed by atoms with Crippen molar-refractivity contribution in [3.05, 3.63) is 29.6 Å². The van der Waals surface area contributed by atoms with Crippen LogP contribution in [-0.4, -0.2) is 18.0 Å². The summed E-state index contributed by atoms with van der Waals surface area (Å²) in [6.07, 6.45) is 3.28. The molecule has 0 aliphatic heterocycles. The maximum Gasteiger partial charge on any atom is 0.241 e. The van der Waals surface area contributed by atoms with Crippen molar-refractivity contribution >= 4 is 11.6 Å². The third-order valence-corrected chi connectivity index (χ3v) is 4.86. The third kappa shape index (κ3) is 4.05. The quantitative estimate of drug-likeness (QED) is 0.825. The van der Waals surface area contributed by atoms with Gasteiger partial charge in [-0.1, -0.05) is 26.7 Å². The summed E-state index contributed by atoms with van der Waals surface area (Å²) in [5, 5.41) is 5.57. The molecule has 3 nitrogen and oxygen atoms in total. The lowest BCUT2D eigenvalue weighted by atomic mass is 9.78. The maximum absolute atomic E-state index is 13.6. The van der Waals surface area contributed by atoms with Gasteiger partial charge < -0.3 is 10.6 Å². The predicted octanol–water partition coefficient (Wildman–Crippen LogP) is 3.85. The minimum absolute atomic E-state index is 0.217. The molecule has 1 aromatic carbocycles. The van der Waals surface area contributed by atoms with Crippen LogP contribution in [0.2, 0.25) is 0 Å². The van der Waals surface area contributed by atoms with Crippen LogP contribution in [0.1, 0.15) is 40.0 Å². The molecular formula is C17H23F3N2O. The topological polar surface area (TPSA) is 41.1 Å². The first kappa shape index (κ1) is 17.8. The molecule has 1 fully saturated rings. The van der Waals surface area contributed by atoms with Crippen LogP contribution < -0.4 is 10.6 Å². The lowest BCUT2D eigenvalue weighted by Crippen LogP contribution is -2.49. The van der Waals surface area contributed by atoms with Crippen LogP contribution in [0.25, 0.3) is 0 Å². The van der Waals surface area contributed by atoms with Crippen LogP contribution >= 0.6 is 0 Å². The molecule has 0 spiro atoms. The molecule has 0 saturated heterocycles. The summed E-state index contributed by atoms with van der Waals surface area (Å²) in [4.78, 5) is 12.2. The largest absolute Gasteiger partial charge is 0.322 e. The number of carbonyl (C=O) groups is 1. The Bertz CT molecular complexity index is 579. The van der Waals surface area contributed by atoms with Crippen molar-refractivity contribution in [3.8, 4) is 0 Å². The molecule has 0 bridgehead atoms. The van der Waals surface area contributed by atoms with E-state index in [9.17, 15) is 18.0 Å². The van der Waals surface area contributed by atoms with Gasteiger partial charge in [0.25, 0.3) is 0 Å². The summed E-state index contributed by atoms with van der Waals surface area (Å²) in [6.45, 7) is 6.03. The molecule has 0 radical (unpaired) electrons. The van der Waals surface area contributed by atoms with Crippen molar-refractivity contribution in [2.45, 2.75) is 52.1 Å². The highest BCUT2D eigenvalue weighted by atomic mass is 19.2. The highest BCUT2D eigenvalue weighted by molar-refractivity contribution is 5.94. The van der Waals surface area contributed by atoms with E-state index in [1.54, 1.807) is 6.92 Å². The van der Waals surface area contributed by atoms with Crippen molar-refractivity contribution in [1.82, 2.24) is 5.32 Å². The summed E-state index contributed by atoms with van der Waals surface area (Å²) in [5.74, 6) is -3.69. The number of hydrogen-bond donors (Lipinski definition) is 2. The number of anilines is 1. The van der Waals surface area contributed by atoms with Crippen LogP contribution in [0.3, 0.4) is 0 Å². The molecule has 0 unspecified atom stereocenters. The Hall–Kier alpha value is -1.56. The third-order valence-electron chi connectivity index (χ3n) is 4.86. The molecule has 1 aromatic rings. The lowest BCUT2D eigenvalue weighted by Gasteiger charge is -2.36. The standard InChI is InChI=1S/C17H23F3N2O/c1-9-5-4-6-13(10(9)2)21-11(3)17(23)22-14-8-7-12(18)15(19)16(14)20/h7-11,13,21H,4-6H2,1-3H3,(H,22,23)/t9-,10-,11+,13-/m1/s1. The van der Waals surface area contributed by atoms with Crippen molar-refractivity contribution in [1.29, 1.82) is 0 Å². The van der Waals surface area contributed by atoms with E-state index in [0.29, 0.717) is 11.8 Å². The SMILES string of the molecule is C[C@@H]1[C@H](C)CCC[C@H]1N[C@@H](C)C(=O)Nc1ccc(F)c(F)c1F. The molecule has 2 rings (SSSR count). The average molecular weight is 328 g/mol. The maximum atomic E-state index is 13.6. The first-order valence-corrected chi connectivity index (χ1v) is 8.01. The number of hydrogen-bond acceptors (Lipinski definition) is 2. The summed E-state index contributed by atoms with van der Waals surface area (Å²) < 4.78 is 39.7. The monoisotopic (exact) mass is 328 g/mol. The molecule has 23 heavy (non-hydrogen) atoms. The highest BCUT2D eigenvalue weighted by Gasteiger charge is 2.29. The van der Waals surface area contributed by atoms with Gasteiger partial charge in [-0.2, -0.15) is 0 Å². The fraction of sp³-hybridized carbons (Fsp3) is 0.588. The fourth-order valence-corrected chi connectivity index (χ4v) is 3.08. The molecule has 128 valence electrons. The molecule has 2 N–H and O–H groups in total. The van der Waals surface area contributed by atoms with Crippen LogP contribution in [0, 0.1) is 29.3 Å². The molecular weight excluding hydrogens is 305 g/mol. The van der Waals surface area contributed by atoms with E-state index in [0.717, 1.165) is 25.0 Å². The Kier molecular flexibility index (Phi) is 5.68. The normalized spacial score (nSPS) is 25.9. The number of nitrogens with one attached hydrogen (secondary N) is 2. The lowest BCUT2D eigenvalue weighted by molar-refractivity contribution is -0.118. The van der Waals surface area contributed by atoms with Gasteiger partial charge in [-0.05, 0) is 37.3 Å². The van der Waals surface area contributed by atoms with Crippen LogP contribution in [-0.2, 0) is 4.79 Å². The highest BCUT2D eigenvalue weighted by Crippen LogP contribution is 2.29. The molecule has 1 saturated carbocycles. The number of benzene rings is 1. The van der Waals surface area contributed by atoms with E-state index < -0.39 is 29.4 Å². The van der Waals surface area contributed by atoms with Gasteiger partial charge in [-0.3, -0.25) is 4.79 Å². The van der Waals surface area contributed by atoms with E-state index in [1.807, 2.05) is 0 Å². The van der Waals surface area contributed by atoms with Crippen molar-refractivity contribution in [2.75, 3.05) is 5.32 Å². The second kappa shape index (κ2) is 7.34. The van der Waals surface area contributed by atoms with Gasteiger partial charge in [-0.15, -0.1) is 0 Å². The number of halogens is 3. The Labute approximate surface area is 134 Å². The molecule has 1 aliphatic carbocycles. The zero-order chi connectivity index (χ0) is 17.1. The number of rotatable bonds is 4. The van der Waals surface area contributed by atoms with Crippen molar-refractivity contribution in [3.63, 3.8) is 0 Å². The zero-order valence-electron chi connectivity index (χ0n) is 13.6. The number of amides is 1. The minimum atomic E-state index is -1.59. The summed E-state index contributed by atoms with van der Waals surface area (Å²) in [6, 6.07) is 1.47. The van der Waals surface area contributed by atoms with E-state index in [-0.39, 0.29) is 11.7 Å². The van der Waals surface area contributed by atoms with Gasteiger partial charge in [-0.25, -0.2) is 13.2 Å². The van der Waals surface area contributed by atoms with Gasteiger partial charge in [0.2, 0.25) is 5.91 Å². The van der Waals surface area contributed by atoms with Crippen molar-refractivity contribution in [2.24, 2.45) is 11.8 Å². The van der Waals surface area contributed by atoms with Gasteiger partial charge in [0, 0.05) is 6.04 Å². The fourth-order valence-electron chi connectivity index (χ4n) is 3.08. The van der Waals surface area contributed by atoms with E-state index in [4.69, 9.17) is 0 Å². The van der Waals surface area contributed by atoms with Crippen LogP contribution in [0.5, 0.6) is 0 Å². The van der Waals surface area contributed by atoms with Gasteiger partial charge in [0.15, 0.2) is 17.5 Å². The Morgan fingerprint density at radius 3 is 2.57 bits per heavy atom. The summed E-state index contributed by atoms with van der Waals surface area (Å²) in [5.41, 5.74) is -0.354. The second-order valence-electron chi connectivity index (χ2n) is 6.47. The van der Waals surface area contributed by atoms with Gasteiger partial charge in [0.05, 0.1) is 11.7 Å². The Morgan fingerprint density at radius 2 is 1.87 bits per heavy atom. The molecule has 0 aromatic heterocycles. The first-order valence-electron chi connectivity index (χ1n) is 8.01. The minimum Gasteiger partial charge on any atom is -0.322 e. The van der Waals surface area contributed by atoms with Crippen LogP contribution in [0.15, 0.2) is 12.1 Å². The van der Waals surface area contributed by atoms with Crippen LogP contribution in [0.4, 0.5) is 18.9 Å². The molecule has 6 heteroatoms. The smallest absolute Gasteiger partial charge is 0.241 e. The predicted molar refractivity (Wildman–Crippen MR) is 83.5 cm³/mol. The van der Waals surface area contributed by atoms with Gasteiger partial charge >= 0.3 is 0 Å². The van der Waals surface area contributed by atoms with E-state index in [2.05, 4.69) is 24.5 Å². The Morgan fingerprint density at radius 1 is 1.17 bits per heavy atom. The molecule has 4 atom stereocenters. The molecule has 0 heterocycles. The average Bonchev–Trinajstić information content (AvgIpc) is 2.52. The second-order valence-corrected chi connectivity index (χ2v) is 6.47. The zero-order valence-corrected chi connectivity index (χ0v) is 13.6. The number of carbonyl (C=O) groups excluding carboxylic acids is 1. The van der Waals surface area contributed by atoms with E-state index in [1.165, 1.54) is 6.42 Å². The molecule has 1 amide bonds. The van der Waals surface area contributed by atoms with Crippen molar-refractivity contribution < 1.29 is 18.0 Å². The Balaban J connectivity index is 1.99. The summed E-state index contributed by atoms with van der Waals surface area (Å²) >= 11 is 0. The first-order chi connectivity index (χ1) is 10.8. The van der Waals surface area contributed by atoms with Gasteiger partial charge in [0.1, 0.15) is 0 Å². The molecule has 1 aliphatic rings.